The van der Waals surface area contributed by atoms with Crippen LogP contribution in [0.1, 0.15) is 17.5 Å². The van der Waals surface area contributed by atoms with Crippen molar-refractivity contribution in [1.29, 1.82) is 0 Å². The second-order valence-electron chi connectivity index (χ2n) is 13.1. The lowest BCUT2D eigenvalue weighted by molar-refractivity contribution is 0.488. The molecule has 0 amide bonds. The van der Waals surface area contributed by atoms with Gasteiger partial charge >= 0.3 is 0 Å². The van der Waals surface area contributed by atoms with Crippen molar-refractivity contribution in [2.75, 3.05) is 0 Å². The Balaban J connectivity index is 1.15. The van der Waals surface area contributed by atoms with Crippen molar-refractivity contribution < 1.29 is 4.74 Å². The molecule has 0 N–H and O–H groups in total. The number of benzene rings is 8. The average molecular weight is 629 g/mol. The Morgan fingerprint density at radius 3 is 2.15 bits per heavy atom. The van der Waals surface area contributed by atoms with Crippen LogP contribution in [0.3, 0.4) is 0 Å². The largest absolute Gasteiger partial charge is 0.456 e. The number of hydrogen-bond acceptors (Lipinski definition) is 2. The molecule has 48 heavy (non-hydrogen) atoms. The van der Waals surface area contributed by atoms with Gasteiger partial charge in [0.2, 0.25) is 0 Å². The van der Waals surface area contributed by atoms with Crippen molar-refractivity contribution in [3.05, 3.63) is 151 Å². The van der Waals surface area contributed by atoms with Gasteiger partial charge < -0.3 is 4.74 Å². The first-order valence-corrected chi connectivity index (χ1v) is 17.5. The van der Waals surface area contributed by atoms with Crippen molar-refractivity contribution in [2.24, 2.45) is 0 Å². The summed E-state index contributed by atoms with van der Waals surface area (Å²) >= 11 is 1.90. The van der Waals surface area contributed by atoms with Crippen molar-refractivity contribution in [2.45, 2.75) is 12.8 Å². The van der Waals surface area contributed by atoms with E-state index in [0.29, 0.717) is 0 Å². The first-order chi connectivity index (χ1) is 23.8. The van der Waals surface area contributed by atoms with Crippen LogP contribution in [-0.4, -0.2) is 0 Å². The van der Waals surface area contributed by atoms with Gasteiger partial charge in [-0.25, -0.2) is 0 Å². The Hall–Kier alpha value is -5.70. The highest BCUT2D eigenvalue weighted by Crippen LogP contribution is 2.53. The van der Waals surface area contributed by atoms with E-state index in [1.165, 1.54) is 91.4 Å². The van der Waals surface area contributed by atoms with E-state index in [4.69, 9.17) is 4.74 Å². The SMILES string of the molecule is C1=Cc2cccc(-c3cc4sc5cc6c(cc5c4c4ccccc34)Oc3cccc4c(-c5cccc7ccccc57)ccc-6c34)c2CC1. The molecule has 1 aliphatic carbocycles. The van der Waals surface area contributed by atoms with E-state index >= 15 is 0 Å². The van der Waals surface area contributed by atoms with Crippen LogP contribution in [0.25, 0.3) is 91.9 Å². The Morgan fingerprint density at radius 2 is 1.19 bits per heavy atom. The fraction of sp³-hybridized carbons (Fsp3) is 0.0435. The Bertz CT molecular complexity index is 2860. The summed E-state index contributed by atoms with van der Waals surface area (Å²) in [5, 5.41) is 10.1. The molecule has 2 heterocycles. The quantitative estimate of drug-likeness (QED) is 0.185. The smallest absolute Gasteiger partial charge is 0.136 e. The van der Waals surface area contributed by atoms with Gasteiger partial charge in [-0.05, 0) is 103 Å². The highest BCUT2D eigenvalue weighted by Gasteiger charge is 2.25. The van der Waals surface area contributed by atoms with E-state index in [0.717, 1.165) is 29.9 Å². The van der Waals surface area contributed by atoms with Crippen LogP contribution >= 0.6 is 11.3 Å². The van der Waals surface area contributed by atoms with Gasteiger partial charge in [0.25, 0.3) is 0 Å². The molecule has 0 saturated carbocycles. The summed E-state index contributed by atoms with van der Waals surface area (Å²) in [5.41, 5.74) is 10.4. The highest BCUT2D eigenvalue weighted by molar-refractivity contribution is 7.26. The van der Waals surface area contributed by atoms with Crippen LogP contribution in [0.4, 0.5) is 0 Å². The van der Waals surface area contributed by atoms with Gasteiger partial charge in [-0.2, -0.15) is 0 Å². The number of thiophene rings is 1. The fourth-order valence-electron chi connectivity index (χ4n) is 8.41. The maximum absolute atomic E-state index is 6.82. The molecule has 0 bridgehead atoms. The first kappa shape index (κ1) is 26.4. The molecule has 1 aliphatic heterocycles. The molecule has 224 valence electrons. The molecule has 0 spiro atoms. The van der Waals surface area contributed by atoms with Crippen molar-refractivity contribution >= 4 is 69.9 Å². The van der Waals surface area contributed by atoms with Crippen molar-refractivity contribution in [1.82, 2.24) is 0 Å². The Kier molecular flexibility index (Phi) is 5.44. The molecule has 2 heteroatoms. The van der Waals surface area contributed by atoms with E-state index in [1.807, 2.05) is 11.3 Å². The van der Waals surface area contributed by atoms with Gasteiger partial charge in [0.1, 0.15) is 11.5 Å². The van der Waals surface area contributed by atoms with Crippen molar-refractivity contribution in [3.63, 3.8) is 0 Å². The maximum atomic E-state index is 6.82. The minimum Gasteiger partial charge on any atom is -0.456 e. The molecule has 2 aliphatic rings. The third kappa shape index (κ3) is 3.67. The van der Waals surface area contributed by atoms with Crippen LogP contribution in [0.5, 0.6) is 11.5 Å². The monoisotopic (exact) mass is 628 g/mol. The fourth-order valence-corrected chi connectivity index (χ4v) is 9.59. The summed E-state index contributed by atoms with van der Waals surface area (Å²) < 4.78 is 9.43. The van der Waals surface area contributed by atoms with Gasteiger partial charge in [-0.3, -0.25) is 0 Å². The average Bonchev–Trinajstić information content (AvgIpc) is 3.51. The number of allylic oxidation sites excluding steroid dienone is 1. The summed E-state index contributed by atoms with van der Waals surface area (Å²) in [7, 11) is 0. The highest BCUT2D eigenvalue weighted by atomic mass is 32.1. The zero-order valence-corrected chi connectivity index (χ0v) is 26.9. The molecule has 0 fully saturated rings. The minimum absolute atomic E-state index is 0.922. The van der Waals surface area contributed by atoms with Crippen LogP contribution in [0.15, 0.2) is 140 Å². The third-order valence-electron chi connectivity index (χ3n) is 10.5. The zero-order chi connectivity index (χ0) is 31.3. The normalized spacial score (nSPS) is 13.3. The molecule has 8 aromatic carbocycles. The number of fused-ring (bicyclic) bond motifs is 9. The number of rotatable bonds is 2. The Labute approximate surface area is 282 Å². The van der Waals surface area contributed by atoms with Crippen LogP contribution in [0.2, 0.25) is 0 Å². The first-order valence-electron chi connectivity index (χ1n) is 16.7. The molecule has 0 unspecified atom stereocenters. The summed E-state index contributed by atoms with van der Waals surface area (Å²) in [6.07, 6.45) is 6.76. The van der Waals surface area contributed by atoms with E-state index < -0.39 is 0 Å². The molecule has 11 rings (SSSR count). The van der Waals surface area contributed by atoms with Crippen molar-refractivity contribution in [3.8, 4) is 44.9 Å². The molecular formula is C46H28OS. The van der Waals surface area contributed by atoms with E-state index in [9.17, 15) is 0 Å². The molecule has 1 nitrogen and oxygen atoms in total. The zero-order valence-electron chi connectivity index (χ0n) is 26.1. The molecule has 0 atom stereocenters. The van der Waals surface area contributed by atoms with Gasteiger partial charge in [-0.1, -0.05) is 121 Å². The molecular weight excluding hydrogens is 601 g/mol. The Morgan fingerprint density at radius 1 is 0.458 bits per heavy atom. The molecule has 1 aromatic heterocycles. The summed E-state index contributed by atoms with van der Waals surface area (Å²) in [5.74, 6) is 1.85. The molecule has 0 saturated heterocycles. The predicted molar refractivity (Wildman–Crippen MR) is 206 cm³/mol. The van der Waals surface area contributed by atoms with E-state index in [1.54, 1.807) is 0 Å². The van der Waals surface area contributed by atoms with E-state index in [-0.39, 0.29) is 0 Å². The van der Waals surface area contributed by atoms with E-state index in [2.05, 4.69) is 146 Å². The van der Waals surface area contributed by atoms with Gasteiger partial charge in [-0.15, -0.1) is 11.3 Å². The lowest BCUT2D eigenvalue weighted by atomic mass is 9.86. The molecule has 9 aromatic rings. The van der Waals surface area contributed by atoms with Crippen LogP contribution in [0, 0.1) is 0 Å². The minimum atomic E-state index is 0.922. The third-order valence-corrected chi connectivity index (χ3v) is 11.6. The predicted octanol–water partition coefficient (Wildman–Crippen LogP) is 13.6. The van der Waals surface area contributed by atoms with Crippen LogP contribution < -0.4 is 4.74 Å². The second kappa shape index (κ2) is 9.90. The van der Waals surface area contributed by atoms with Crippen LogP contribution in [-0.2, 0) is 6.42 Å². The lowest BCUT2D eigenvalue weighted by Gasteiger charge is -2.23. The topological polar surface area (TPSA) is 9.23 Å². The lowest BCUT2D eigenvalue weighted by Crippen LogP contribution is -1.98. The number of hydrogen-bond donors (Lipinski definition) is 0. The number of ether oxygens (including phenoxy) is 1. The molecule has 0 radical (unpaired) electrons. The summed E-state index contributed by atoms with van der Waals surface area (Å²) in [4.78, 5) is 0. The van der Waals surface area contributed by atoms with Gasteiger partial charge in [0.05, 0.1) is 0 Å². The summed E-state index contributed by atoms with van der Waals surface area (Å²) in [6, 6.07) is 49.2. The van der Waals surface area contributed by atoms with Gasteiger partial charge in [0.15, 0.2) is 0 Å². The second-order valence-corrected chi connectivity index (χ2v) is 14.2. The summed E-state index contributed by atoms with van der Waals surface area (Å²) in [6.45, 7) is 0. The standard InChI is InChI=1S/C46H28OS/c1-3-14-29-27(10-1)12-7-18-31(29)34-22-23-37-39-26-43-40(24-42(39)47-41-21-9-20-35(34)45(37)41)46-36-17-6-5-16-33(36)38(25-44(46)48-43)32-19-8-13-28-11-2-4-15-30(28)32/h1-3,5-14,16-26H,4,15H2. The van der Waals surface area contributed by atoms with Gasteiger partial charge in [0, 0.05) is 31.1 Å². The maximum Gasteiger partial charge on any atom is 0.136 e.